The van der Waals surface area contributed by atoms with Crippen molar-refractivity contribution in [3.05, 3.63) is 42.6 Å². The first kappa shape index (κ1) is 23.7. The van der Waals surface area contributed by atoms with Gasteiger partial charge in [-0.05, 0) is 57.9 Å². The summed E-state index contributed by atoms with van der Waals surface area (Å²) >= 11 is 1.23. The fourth-order valence-electron chi connectivity index (χ4n) is 4.10. The van der Waals surface area contributed by atoms with Gasteiger partial charge in [-0.1, -0.05) is 30.3 Å². The molecule has 1 aromatic carbocycles. The maximum atomic E-state index is 13.5. The summed E-state index contributed by atoms with van der Waals surface area (Å²) < 4.78 is 27.2. The Labute approximate surface area is 198 Å². The molecule has 0 radical (unpaired) electrons. The molecule has 1 atom stereocenters. The number of thioether (sulfide) groups is 1. The topological polar surface area (TPSA) is 99.7 Å². The number of carbonyl (C=O) groups excluding carboxylic acids is 2. The highest BCUT2D eigenvalue weighted by Gasteiger charge is 2.44. The number of aromatic nitrogens is 1. The van der Waals surface area contributed by atoms with E-state index in [1.165, 1.54) is 27.2 Å². The third-order valence-corrected chi connectivity index (χ3v) is 8.96. The first-order valence-corrected chi connectivity index (χ1v) is 13.3. The van der Waals surface area contributed by atoms with E-state index >= 15 is 0 Å². The lowest BCUT2D eigenvalue weighted by molar-refractivity contribution is -0.126. The molecular weight excluding hydrogens is 460 g/mol. The van der Waals surface area contributed by atoms with Gasteiger partial charge in [-0.25, -0.2) is 13.4 Å². The maximum absolute atomic E-state index is 13.5. The number of nitrogens with zero attached hydrogens (tertiary/aromatic N) is 3. The van der Waals surface area contributed by atoms with Crippen LogP contribution >= 0.6 is 11.8 Å². The first-order chi connectivity index (χ1) is 15.6. The molecular formula is C23H28N4O4S2. The second-order valence-electron chi connectivity index (χ2n) is 8.76. The minimum Gasteiger partial charge on any atom is -0.322 e. The largest absolute Gasteiger partial charge is 0.322 e. The number of hydrogen-bond donors (Lipinski definition) is 1. The van der Waals surface area contributed by atoms with Crippen molar-refractivity contribution in [1.82, 2.24) is 9.29 Å². The molecule has 3 heterocycles. The number of pyridine rings is 1. The third-order valence-electron chi connectivity index (χ3n) is 6.04. The quantitative estimate of drug-likeness (QED) is 0.647. The lowest BCUT2D eigenvalue weighted by atomic mass is 9.96. The summed E-state index contributed by atoms with van der Waals surface area (Å²) in [7, 11) is -3.55. The van der Waals surface area contributed by atoms with Crippen LogP contribution in [-0.2, 0) is 19.6 Å². The molecule has 1 aromatic heterocycles. The van der Waals surface area contributed by atoms with Gasteiger partial charge < -0.3 is 5.32 Å². The summed E-state index contributed by atoms with van der Waals surface area (Å²) in [5.74, 6) is -0.476. The molecule has 8 nitrogen and oxygen atoms in total. The standard InChI is InChI=1S/C23H28N4O4S2/c1-16(21(28)27-19-10-6-5-9-18(19)25-22(29)23(27,2)3)32-20-12-11-17(15-24-20)33(30,31)26-13-7-4-8-14-26/h5-6,9-12,15-16H,4,7-8,13-14H2,1-3H3,(H,25,29). The Bertz CT molecular complexity index is 1160. The smallest absolute Gasteiger partial charge is 0.250 e. The van der Waals surface area contributed by atoms with E-state index in [9.17, 15) is 18.0 Å². The lowest BCUT2D eigenvalue weighted by Crippen LogP contribution is -2.60. The van der Waals surface area contributed by atoms with E-state index in [1.807, 2.05) is 18.2 Å². The number of amides is 2. The molecule has 1 fully saturated rings. The molecule has 2 aliphatic rings. The van der Waals surface area contributed by atoms with E-state index in [4.69, 9.17) is 0 Å². The van der Waals surface area contributed by atoms with E-state index in [-0.39, 0.29) is 16.7 Å². The summed E-state index contributed by atoms with van der Waals surface area (Å²) in [6.45, 7) is 6.26. The molecule has 176 valence electrons. The van der Waals surface area contributed by atoms with Crippen LogP contribution in [0.25, 0.3) is 0 Å². The Hall–Kier alpha value is -2.43. The molecule has 33 heavy (non-hydrogen) atoms. The average molecular weight is 489 g/mol. The van der Waals surface area contributed by atoms with E-state index in [1.54, 1.807) is 39.0 Å². The number of anilines is 2. The van der Waals surface area contributed by atoms with E-state index < -0.39 is 20.8 Å². The number of rotatable bonds is 5. The highest BCUT2D eigenvalue weighted by Crippen LogP contribution is 2.38. The van der Waals surface area contributed by atoms with Crippen molar-refractivity contribution in [3.63, 3.8) is 0 Å². The predicted octanol–water partition coefficient (Wildman–Crippen LogP) is 3.50. The zero-order valence-corrected chi connectivity index (χ0v) is 20.6. The molecule has 2 aliphatic heterocycles. The monoisotopic (exact) mass is 488 g/mol. The van der Waals surface area contributed by atoms with Gasteiger partial charge in [-0.3, -0.25) is 14.5 Å². The van der Waals surface area contributed by atoms with Crippen LogP contribution in [-0.4, -0.2) is 53.4 Å². The second kappa shape index (κ2) is 9.08. The molecule has 10 heteroatoms. The van der Waals surface area contributed by atoms with Gasteiger partial charge in [0.2, 0.25) is 21.8 Å². The summed E-state index contributed by atoms with van der Waals surface area (Å²) in [4.78, 5) is 32.1. The van der Waals surface area contributed by atoms with Gasteiger partial charge in [0, 0.05) is 19.3 Å². The molecule has 2 amide bonds. The van der Waals surface area contributed by atoms with Crippen LogP contribution < -0.4 is 10.2 Å². The van der Waals surface area contributed by atoms with Crippen LogP contribution in [0.5, 0.6) is 0 Å². The SMILES string of the molecule is CC(Sc1ccc(S(=O)(=O)N2CCCCC2)cn1)C(=O)N1c2ccccc2NC(=O)C1(C)C. The zero-order valence-electron chi connectivity index (χ0n) is 18.9. The number of para-hydroxylation sites is 2. The van der Waals surface area contributed by atoms with E-state index in [2.05, 4.69) is 10.3 Å². The van der Waals surface area contributed by atoms with Crippen molar-refractivity contribution in [1.29, 1.82) is 0 Å². The van der Waals surface area contributed by atoms with Gasteiger partial charge in [0.25, 0.3) is 0 Å². The maximum Gasteiger partial charge on any atom is 0.250 e. The Morgan fingerprint density at radius 1 is 1.12 bits per heavy atom. The Kier molecular flexibility index (Phi) is 6.52. The number of hydrogen-bond acceptors (Lipinski definition) is 6. The lowest BCUT2D eigenvalue weighted by Gasteiger charge is -2.43. The van der Waals surface area contributed by atoms with Gasteiger partial charge in [-0.15, -0.1) is 0 Å². The molecule has 1 N–H and O–H groups in total. The number of nitrogens with one attached hydrogen (secondary N) is 1. The molecule has 0 spiro atoms. The molecule has 0 saturated carbocycles. The van der Waals surface area contributed by atoms with Gasteiger partial charge in [-0.2, -0.15) is 4.31 Å². The Morgan fingerprint density at radius 2 is 1.82 bits per heavy atom. The highest BCUT2D eigenvalue weighted by atomic mass is 32.2. The number of piperidine rings is 1. The summed E-state index contributed by atoms with van der Waals surface area (Å²) in [5.41, 5.74) is 0.188. The van der Waals surface area contributed by atoms with E-state index in [0.29, 0.717) is 29.5 Å². The molecule has 1 saturated heterocycles. The zero-order chi connectivity index (χ0) is 23.8. The number of carbonyl (C=O) groups is 2. The van der Waals surface area contributed by atoms with Crippen LogP contribution in [0.2, 0.25) is 0 Å². The van der Waals surface area contributed by atoms with Crippen LogP contribution in [0.4, 0.5) is 11.4 Å². The molecule has 4 rings (SSSR count). The van der Waals surface area contributed by atoms with Crippen molar-refractivity contribution in [2.75, 3.05) is 23.3 Å². The Balaban J connectivity index is 1.52. The van der Waals surface area contributed by atoms with Crippen LogP contribution in [0.15, 0.2) is 52.5 Å². The molecule has 2 aromatic rings. The molecule has 0 aliphatic carbocycles. The summed E-state index contributed by atoms with van der Waals surface area (Å²) in [6.07, 6.45) is 4.14. The van der Waals surface area contributed by atoms with Gasteiger partial charge >= 0.3 is 0 Å². The Morgan fingerprint density at radius 3 is 2.48 bits per heavy atom. The van der Waals surface area contributed by atoms with Crippen molar-refractivity contribution >= 4 is 45.0 Å². The minimum absolute atomic E-state index is 0.162. The normalized spacial score (nSPS) is 19.5. The second-order valence-corrected chi connectivity index (χ2v) is 12.1. The van der Waals surface area contributed by atoms with E-state index in [0.717, 1.165) is 19.3 Å². The number of benzene rings is 1. The van der Waals surface area contributed by atoms with Crippen molar-refractivity contribution in [2.24, 2.45) is 0 Å². The van der Waals surface area contributed by atoms with Gasteiger partial charge in [0.1, 0.15) is 10.4 Å². The van der Waals surface area contributed by atoms with Crippen molar-refractivity contribution < 1.29 is 18.0 Å². The summed E-state index contributed by atoms with van der Waals surface area (Å²) in [6, 6.07) is 10.4. The predicted molar refractivity (Wildman–Crippen MR) is 129 cm³/mol. The van der Waals surface area contributed by atoms with Gasteiger partial charge in [0.15, 0.2) is 0 Å². The summed E-state index contributed by atoms with van der Waals surface area (Å²) in [5, 5.41) is 2.86. The van der Waals surface area contributed by atoms with Crippen molar-refractivity contribution in [3.8, 4) is 0 Å². The van der Waals surface area contributed by atoms with Crippen molar-refractivity contribution in [2.45, 2.75) is 60.7 Å². The van der Waals surface area contributed by atoms with Crippen LogP contribution in [0, 0.1) is 0 Å². The molecule has 0 bridgehead atoms. The number of fused-ring (bicyclic) bond motifs is 1. The fraction of sp³-hybridized carbons (Fsp3) is 0.435. The third kappa shape index (κ3) is 4.51. The number of sulfonamides is 1. The highest BCUT2D eigenvalue weighted by molar-refractivity contribution is 8.00. The van der Waals surface area contributed by atoms with Crippen LogP contribution in [0.3, 0.4) is 0 Å². The average Bonchev–Trinajstić information content (AvgIpc) is 2.80. The van der Waals surface area contributed by atoms with Gasteiger partial charge in [0.05, 0.1) is 21.7 Å². The first-order valence-electron chi connectivity index (χ1n) is 11.0. The fourth-order valence-corrected chi connectivity index (χ4v) is 6.39. The molecule has 1 unspecified atom stereocenters. The van der Waals surface area contributed by atoms with Crippen LogP contribution in [0.1, 0.15) is 40.0 Å². The minimum atomic E-state index is -3.55.